The van der Waals surface area contributed by atoms with Gasteiger partial charge in [0.15, 0.2) is 5.69 Å². The van der Waals surface area contributed by atoms with Crippen LogP contribution in [-0.2, 0) is 12.8 Å². The molecule has 0 unspecified atom stereocenters. The molecule has 0 atom stereocenters. The van der Waals surface area contributed by atoms with Gasteiger partial charge in [0, 0.05) is 16.8 Å². The molecule has 0 saturated heterocycles. The molecule has 150 valence electrons. The van der Waals surface area contributed by atoms with Gasteiger partial charge in [-0.1, -0.05) is 67.8 Å². The maximum absolute atomic E-state index is 12.6. The van der Waals surface area contributed by atoms with Gasteiger partial charge in [0.25, 0.3) is 5.91 Å². The summed E-state index contributed by atoms with van der Waals surface area (Å²) in [7, 11) is 0. The molecule has 28 heavy (non-hydrogen) atoms. The van der Waals surface area contributed by atoms with E-state index in [1.165, 1.54) is 44.7 Å². The predicted molar refractivity (Wildman–Crippen MR) is 114 cm³/mol. The van der Waals surface area contributed by atoms with Crippen LogP contribution < -0.4 is 5.43 Å². The van der Waals surface area contributed by atoms with Crippen LogP contribution in [-0.4, -0.2) is 22.3 Å². The molecule has 2 aromatic rings. The summed E-state index contributed by atoms with van der Waals surface area (Å²) in [6.07, 6.45) is 13.1. The van der Waals surface area contributed by atoms with Gasteiger partial charge in [0.2, 0.25) is 0 Å². The standard InChI is InChI=1S/C21H26Cl2N4O/c22-17-11-9-12-18(23)16(17)14-24-27-21(28)20-15-10-7-5-3-1-2-4-6-8-13-19(15)25-26-20/h9,11-12,14H,1-8,10,13H2,(H,25,26)(H,27,28). The van der Waals surface area contributed by atoms with Gasteiger partial charge in [-0.3, -0.25) is 9.89 Å². The molecule has 0 aliphatic heterocycles. The number of halogens is 2. The van der Waals surface area contributed by atoms with Crippen LogP contribution in [0.15, 0.2) is 23.3 Å². The van der Waals surface area contributed by atoms with Gasteiger partial charge in [-0.15, -0.1) is 0 Å². The van der Waals surface area contributed by atoms with Crippen molar-refractivity contribution in [3.05, 3.63) is 50.8 Å². The maximum Gasteiger partial charge on any atom is 0.292 e. The van der Waals surface area contributed by atoms with Crippen LogP contribution in [0.3, 0.4) is 0 Å². The number of rotatable bonds is 3. The number of nitrogens with zero attached hydrogens (tertiary/aromatic N) is 2. The minimum absolute atomic E-state index is 0.316. The number of aryl methyl sites for hydroxylation is 1. The first-order chi connectivity index (χ1) is 13.7. The molecule has 2 N–H and O–H groups in total. The van der Waals surface area contributed by atoms with Crippen LogP contribution in [0.4, 0.5) is 0 Å². The molecule has 0 bridgehead atoms. The van der Waals surface area contributed by atoms with E-state index in [2.05, 4.69) is 20.7 Å². The number of nitrogens with one attached hydrogen (secondary N) is 2. The topological polar surface area (TPSA) is 70.1 Å². The highest BCUT2D eigenvalue weighted by Gasteiger charge is 2.19. The summed E-state index contributed by atoms with van der Waals surface area (Å²) in [4.78, 5) is 12.6. The summed E-state index contributed by atoms with van der Waals surface area (Å²) in [5.74, 6) is -0.316. The number of fused-ring (bicyclic) bond motifs is 1. The normalized spacial score (nSPS) is 16.2. The lowest BCUT2D eigenvalue weighted by atomic mass is 9.98. The Morgan fingerprint density at radius 3 is 2.29 bits per heavy atom. The van der Waals surface area contributed by atoms with Crippen LogP contribution in [0.2, 0.25) is 10.0 Å². The van der Waals surface area contributed by atoms with E-state index >= 15 is 0 Å². The van der Waals surface area contributed by atoms with Crippen LogP contribution in [0.25, 0.3) is 0 Å². The Bertz CT molecular complexity index is 812. The summed E-state index contributed by atoms with van der Waals surface area (Å²) in [5, 5.41) is 12.4. The van der Waals surface area contributed by atoms with Gasteiger partial charge in [-0.05, 0) is 37.8 Å². The number of aromatic amines is 1. The van der Waals surface area contributed by atoms with E-state index in [4.69, 9.17) is 23.2 Å². The van der Waals surface area contributed by atoms with E-state index in [1.807, 2.05) is 0 Å². The van der Waals surface area contributed by atoms with Crippen molar-refractivity contribution in [1.82, 2.24) is 15.6 Å². The Labute approximate surface area is 175 Å². The largest absolute Gasteiger partial charge is 0.292 e. The minimum atomic E-state index is -0.316. The number of carbonyl (C=O) groups is 1. The van der Waals surface area contributed by atoms with E-state index < -0.39 is 0 Å². The fourth-order valence-corrected chi connectivity index (χ4v) is 4.07. The SMILES string of the molecule is O=C(NN=Cc1c(Cl)cccc1Cl)c1n[nH]c2c1CCCCCCCCCC2. The quantitative estimate of drug-likeness (QED) is 0.493. The van der Waals surface area contributed by atoms with Crippen molar-refractivity contribution < 1.29 is 4.79 Å². The molecule has 1 aromatic heterocycles. The van der Waals surface area contributed by atoms with Crippen LogP contribution in [0.5, 0.6) is 0 Å². The average Bonchev–Trinajstić information content (AvgIpc) is 3.06. The molecule has 0 fully saturated rings. The van der Waals surface area contributed by atoms with Crippen LogP contribution >= 0.6 is 23.2 Å². The molecule has 1 aliphatic carbocycles. The van der Waals surface area contributed by atoms with Crippen molar-refractivity contribution >= 4 is 35.3 Å². The summed E-state index contributed by atoms with van der Waals surface area (Å²) >= 11 is 12.2. The zero-order valence-corrected chi connectivity index (χ0v) is 17.5. The van der Waals surface area contributed by atoms with Gasteiger partial charge >= 0.3 is 0 Å². The van der Waals surface area contributed by atoms with Crippen molar-refractivity contribution in [3.8, 4) is 0 Å². The Hall–Kier alpha value is -1.85. The van der Waals surface area contributed by atoms with Crippen molar-refractivity contribution in [2.45, 2.75) is 64.2 Å². The lowest BCUT2D eigenvalue weighted by Crippen LogP contribution is -2.20. The average molecular weight is 421 g/mol. The van der Waals surface area contributed by atoms with Crippen molar-refractivity contribution in [3.63, 3.8) is 0 Å². The molecular formula is C21H26Cl2N4O. The highest BCUT2D eigenvalue weighted by molar-refractivity contribution is 6.38. The Morgan fingerprint density at radius 2 is 1.61 bits per heavy atom. The zero-order valence-electron chi connectivity index (χ0n) is 15.9. The second-order valence-corrected chi connectivity index (χ2v) is 8.01. The fraction of sp³-hybridized carbons (Fsp3) is 0.476. The first-order valence-corrected chi connectivity index (χ1v) is 10.8. The molecule has 1 aromatic carbocycles. The van der Waals surface area contributed by atoms with Gasteiger partial charge in [0.05, 0.1) is 16.3 Å². The Balaban J connectivity index is 1.70. The lowest BCUT2D eigenvalue weighted by molar-refractivity contribution is 0.0949. The van der Waals surface area contributed by atoms with Crippen LogP contribution in [0, 0.1) is 0 Å². The van der Waals surface area contributed by atoms with Crippen molar-refractivity contribution in [2.75, 3.05) is 0 Å². The fourth-order valence-electron chi connectivity index (χ4n) is 3.57. The third kappa shape index (κ3) is 5.58. The summed E-state index contributed by atoms with van der Waals surface area (Å²) in [6.45, 7) is 0. The molecule has 1 heterocycles. The smallest absolute Gasteiger partial charge is 0.281 e. The van der Waals surface area contributed by atoms with Crippen LogP contribution in [0.1, 0.15) is 78.7 Å². The third-order valence-electron chi connectivity index (χ3n) is 5.13. The highest BCUT2D eigenvalue weighted by atomic mass is 35.5. The minimum Gasteiger partial charge on any atom is -0.281 e. The lowest BCUT2D eigenvalue weighted by Gasteiger charge is -2.08. The zero-order chi connectivity index (χ0) is 19.8. The summed E-state index contributed by atoms with van der Waals surface area (Å²) in [6, 6.07) is 5.21. The number of carbonyl (C=O) groups excluding carboxylic acids is 1. The summed E-state index contributed by atoms with van der Waals surface area (Å²) in [5.41, 5.74) is 5.69. The number of benzene rings is 1. The maximum atomic E-state index is 12.6. The van der Waals surface area contributed by atoms with E-state index in [-0.39, 0.29) is 5.91 Å². The van der Waals surface area contributed by atoms with Gasteiger partial charge in [-0.2, -0.15) is 10.2 Å². The number of hydrogen-bond acceptors (Lipinski definition) is 3. The molecule has 0 spiro atoms. The van der Waals surface area contributed by atoms with Crippen molar-refractivity contribution in [2.24, 2.45) is 5.10 Å². The molecule has 5 nitrogen and oxygen atoms in total. The van der Waals surface area contributed by atoms with Gasteiger partial charge in [-0.25, -0.2) is 5.43 Å². The Kier molecular flexibility index (Phi) is 7.92. The number of H-pyrrole nitrogens is 1. The summed E-state index contributed by atoms with van der Waals surface area (Å²) < 4.78 is 0. The van der Waals surface area contributed by atoms with E-state index in [9.17, 15) is 4.79 Å². The number of hydrazone groups is 1. The molecule has 0 radical (unpaired) electrons. The third-order valence-corrected chi connectivity index (χ3v) is 5.79. The molecule has 7 heteroatoms. The van der Waals surface area contributed by atoms with Crippen molar-refractivity contribution in [1.29, 1.82) is 0 Å². The number of amides is 1. The molecule has 1 amide bonds. The first-order valence-electron chi connectivity index (χ1n) is 10.0. The van der Waals surface area contributed by atoms with Gasteiger partial charge in [0.1, 0.15) is 0 Å². The first kappa shape index (κ1) is 20.9. The second kappa shape index (κ2) is 10.6. The predicted octanol–water partition coefficient (Wildman–Crippen LogP) is 5.70. The number of aromatic nitrogens is 2. The number of hydrogen-bond donors (Lipinski definition) is 2. The molecule has 0 saturated carbocycles. The highest BCUT2D eigenvalue weighted by Crippen LogP contribution is 2.22. The molecule has 1 aliphatic rings. The molecular weight excluding hydrogens is 395 g/mol. The molecule has 3 rings (SSSR count). The second-order valence-electron chi connectivity index (χ2n) is 7.19. The van der Waals surface area contributed by atoms with E-state index in [0.29, 0.717) is 21.3 Å². The van der Waals surface area contributed by atoms with E-state index in [0.717, 1.165) is 36.9 Å². The Morgan fingerprint density at radius 1 is 1.00 bits per heavy atom. The van der Waals surface area contributed by atoms with Gasteiger partial charge < -0.3 is 0 Å². The monoisotopic (exact) mass is 420 g/mol. The van der Waals surface area contributed by atoms with E-state index in [1.54, 1.807) is 18.2 Å².